The van der Waals surface area contributed by atoms with E-state index in [0.717, 1.165) is 29.8 Å². The maximum Gasteiger partial charge on any atom is 0.224 e. The fraction of sp³-hybridized carbons (Fsp3) is 0.500. The lowest BCUT2D eigenvalue weighted by Crippen LogP contribution is -2.52. The number of likely N-dealkylation sites (N-methyl/N-ethyl adjacent to an activating group) is 1. The van der Waals surface area contributed by atoms with E-state index in [1.807, 2.05) is 0 Å². The lowest BCUT2D eigenvalue weighted by molar-refractivity contribution is 0.212. The van der Waals surface area contributed by atoms with Crippen molar-refractivity contribution in [3.63, 3.8) is 0 Å². The normalized spacial score (nSPS) is 25.8. The zero-order valence-corrected chi connectivity index (χ0v) is 13.1. The lowest BCUT2D eigenvalue weighted by atomic mass is 10.2. The number of nitrogens with zero attached hydrogens (tertiary/aromatic N) is 5. The van der Waals surface area contributed by atoms with Crippen molar-refractivity contribution >= 4 is 39.9 Å². The highest BCUT2D eigenvalue weighted by Gasteiger charge is 2.38. The summed E-state index contributed by atoms with van der Waals surface area (Å²) in [4.78, 5) is 17.7. The van der Waals surface area contributed by atoms with Crippen molar-refractivity contribution in [3.8, 4) is 0 Å². The summed E-state index contributed by atoms with van der Waals surface area (Å²) in [5, 5.41) is 1.58. The predicted molar refractivity (Wildman–Crippen MR) is 84.1 cm³/mol. The molecule has 2 fully saturated rings. The van der Waals surface area contributed by atoms with Gasteiger partial charge in [-0.1, -0.05) is 11.6 Å². The molecule has 5 nitrogen and oxygen atoms in total. The van der Waals surface area contributed by atoms with E-state index in [0.29, 0.717) is 17.2 Å². The Labute approximate surface area is 132 Å². The number of halogens is 2. The standard InChI is InChI=1S/C14H15Cl2N5/c1-20-8-2-3-9(20)7-21(6-8)13-10-5-17-12(15)4-11(10)18-14(16)19-13/h4-5,8-9H,2-3,6-7H2,1H3. The van der Waals surface area contributed by atoms with Gasteiger partial charge in [0.15, 0.2) is 0 Å². The Morgan fingerprint density at radius 2 is 1.86 bits per heavy atom. The third kappa shape index (κ3) is 2.24. The van der Waals surface area contributed by atoms with Crippen LogP contribution in [0.15, 0.2) is 12.3 Å². The third-order valence-corrected chi connectivity index (χ3v) is 5.02. The molecule has 4 heterocycles. The van der Waals surface area contributed by atoms with E-state index in [4.69, 9.17) is 23.2 Å². The molecule has 21 heavy (non-hydrogen) atoms. The van der Waals surface area contributed by atoms with E-state index in [9.17, 15) is 0 Å². The minimum atomic E-state index is 0.256. The molecule has 4 rings (SSSR count). The maximum atomic E-state index is 6.09. The quantitative estimate of drug-likeness (QED) is 0.596. The molecule has 2 atom stereocenters. The van der Waals surface area contributed by atoms with Crippen molar-refractivity contribution < 1.29 is 0 Å². The molecule has 0 aromatic carbocycles. The van der Waals surface area contributed by atoms with E-state index in [2.05, 4.69) is 31.8 Å². The molecule has 0 amide bonds. The average Bonchev–Trinajstić information content (AvgIpc) is 2.68. The van der Waals surface area contributed by atoms with Crippen LogP contribution in [0.3, 0.4) is 0 Å². The number of anilines is 1. The van der Waals surface area contributed by atoms with Crippen LogP contribution in [-0.4, -0.2) is 52.1 Å². The van der Waals surface area contributed by atoms with Crippen molar-refractivity contribution in [2.24, 2.45) is 0 Å². The summed E-state index contributed by atoms with van der Waals surface area (Å²) >= 11 is 12.0. The average molecular weight is 324 g/mol. The Morgan fingerprint density at radius 3 is 2.57 bits per heavy atom. The minimum absolute atomic E-state index is 0.256. The number of rotatable bonds is 1. The first-order valence-corrected chi connectivity index (χ1v) is 7.83. The van der Waals surface area contributed by atoms with Crippen LogP contribution in [-0.2, 0) is 0 Å². The first kappa shape index (κ1) is 13.5. The van der Waals surface area contributed by atoms with Gasteiger partial charge in [0, 0.05) is 37.4 Å². The smallest absolute Gasteiger partial charge is 0.224 e. The molecule has 2 aliphatic rings. The summed E-state index contributed by atoms with van der Waals surface area (Å²) < 4.78 is 0. The van der Waals surface area contributed by atoms with Gasteiger partial charge in [-0.15, -0.1) is 0 Å². The molecule has 0 saturated carbocycles. The summed E-state index contributed by atoms with van der Waals surface area (Å²) in [6.45, 7) is 1.94. The molecule has 2 saturated heterocycles. The number of hydrogen-bond acceptors (Lipinski definition) is 5. The van der Waals surface area contributed by atoms with Crippen LogP contribution < -0.4 is 4.90 Å². The van der Waals surface area contributed by atoms with E-state index < -0.39 is 0 Å². The monoisotopic (exact) mass is 323 g/mol. The van der Waals surface area contributed by atoms with Gasteiger partial charge in [-0.2, -0.15) is 4.98 Å². The van der Waals surface area contributed by atoms with Gasteiger partial charge in [0.1, 0.15) is 11.0 Å². The van der Waals surface area contributed by atoms with Gasteiger partial charge < -0.3 is 4.90 Å². The number of piperazine rings is 1. The minimum Gasteiger partial charge on any atom is -0.353 e. The van der Waals surface area contributed by atoms with Crippen molar-refractivity contribution in [2.45, 2.75) is 24.9 Å². The van der Waals surface area contributed by atoms with E-state index in [1.165, 1.54) is 12.8 Å². The van der Waals surface area contributed by atoms with Crippen molar-refractivity contribution in [3.05, 3.63) is 22.7 Å². The van der Waals surface area contributed by atoms with Gasteiger partial charge in [-0.25, -0.2) is 9.97 Å². The fourth-order valence-electron chi connectivity index (χ4n) is 3.48. The second-order valence-corrected chi connectivity index (χ2v) is 6.52. The molecule has 2 unspecified atom stereocenters. The van der Waals surface area contributed by atoms with Crippen molar-refractivity contribution in [1.29, 1.82) is 0 Å². The van der Waals surface area contributed by atoms with Crippen LogP contribution in [0.25, 0.3) is 10.9 Å². The Kier molecular flexibility index (Phi) is 3.17. The zero-order chi connectivity index (χ0) is 14.6. The molecule has 0 aliphatic carbocycles. The molecule has 2 aromatic heterocycles. The van der Waals surface area contributed by atoms with Gasteiger partial charge in [0.05, 0.1) is 10.9 Å². The Bertz CT molecular complexity index is 688. The molecular weight excluding hydrogens is 309 g/mol. The molecule has 2 aromatic rings. The largest absolute Gasteiger partial charge is 0.353 e. The van der Waals surface area contributed by atoms with Crippen LogP contribution in [0.4, 0.5) is 5.82 Å². The molecule has 0 spiro atoms. The van der Waals surface area contributed by atoms with Crippen LogP contribution in [0.5, 0.6) is 0 Å². The Morgan fingerprint density at radius 1 is 1.14 bits per heavy atom. The maximum absolute atomic E-state index is 6.09. The van der Waals surface area contributed by atoms with Gasteiger partial charge >= 0.3 is 0 Å². The van der Waals surface area contributed by atoms with Gasteiger partial charge in [0.25, 0.3) is 0 Å². The number of aromatic nitrogens is 3. The zero-order valence-electron chi connectivity index (χ0n) is 11.6. The highest BCUT2D eigenvalue weighted by atomic mass is 35.5. The highest BCUT2D eigenvalue weighted by Crippen LogP contribution is 2.33. The lowest BCUT2D eigenvalue weighted by Gasteiger charge is -2.39. The van der Waals surface area contributed by atoms with Crippen LogP contribution in [0.2, 0.25) is 10.4 Å². The molecule has 2 aliphatic heterocycles. The van der Waals surface area contributed by atoms with E-state index in [1.54, 1.807) is 12.3 Å². The van der Waals surface area contributed by atoms with Crippen LogP contribution in [0, 0.1) is 0 Å². The summed E-state index contributed by atoms with van der Waals surface area (Å²) in [5.41, 5.74) is 0.747. The summed E-state index contributed by atoms with van der Waals surface area (Å²) in [5.74, 6) is 0.874. The second kappa shape index (κ2) is 4.93. The molecule has 2 bridgehead atoms. The predicted octanol–water partition coefficient (Wildman–Crippen LogP) is 2.61. The van der Waals surface area contributed by atoms with Crippen LogP contribution in [0.1, 0.15) is 12.8 Å². The van der Waals surface area contributed by atoms with Crippen molar-refractivity contribution in [2.75, 3.05) is 25.0 Å². The molecule has 0 radical (unpaired) electrons. The van der Waals surface area contributed by atoms with Gasteiger partial charge in [-0.3, -0.25) is 4.90 Å². The van der Waals surface area contributed by atoms with E-state index >= 15 is 0 Å². The molecule has 0 N–H and O–H groups in total. The van der Waals surface area contributed by atoms with Gasteiger partial charge in [-0.05, 0) is 31.5 Å². The summed E-state index contributed by atoms with van der Waals surface area (Å²) in [7, 11) is 2.21. The highest BCUT2D eigenvalue weighted by molar-refractivity contribution is 6.30. The van der Waals surface area contributed by atoms with Crippen molar-refractivity contribution in [1.82, 2.24) is 19.9 Å². The topological polar surface area (TPSA) is 45.2 Å². The second-order valence-electron chi connectivity index (χ2n) is 5.80. The first-order valence-electron chi connectivity index (χ1n) is 7.07. The third-order valence-electron chi connectivity index (χ3n) is 4.65. The number of pyridine rings is 1. The summed E-state index contributed by atoms with van der Waals surface area (Å²) in [6, 6.07) is 2.92. The molecule has 7 heteroatoms. The SMILES string of the molecule is CN1C2CCC1CN(c1nc(Cl)nc3cc(Cl)ncc13)C2. The van der Waals surface area contributed by atoms with Crippen LogP contribution >= 0.6 is 23.2 Å². The molecular formula is C14H15Cl2N5. The Balaban J connectivity index is 1.80. The number of hydrogen-bond donors (Lipinski definition) is 0. The molecule has 110 valence electrons. The first-order chi connectivity index (χ1) is 10.1. The fourth-order valence-corrected chi connectivity index (χ4v) is 3.81. The summed E-state index contributed by atoms with van der Waals surface area (Å²) in [6.07, 6.45) is 4.24. The number of fused-ring (bicyclic) bond motifs is 3. The van der Waals surface area contributed by atoms with E-state index in [-0.39, 0.29) is 5.28 Å². The van der Waals surface area contributed by atoms with Gasteiger partial charge in [0.2, 0.25) is 5.28 Å². The Hall–Kier alpha value is -1.17.